The maximum atomic E-state index is 13.5. The Morgan fingerprint density at radius 1 is 1.27 bits per heavy atom. The van der Waals surface area contributed by atoms with Crippen LogP contribution < -0.4 is 10.0 Å². The Morgan fingerprint density at radius 2 is 2.00 bits per heavy atom. The van der Waals surface area contributed by atoms with E-state index in [0.717, 1.165) is 12.8 Å². The van der Waals surface area contributed by atoms with E-state index in [4.69, 9.17) is 5.14 Å². The monoisotopic (exact) mass is 324 g/mol. The van der Waals surface area contributed by atoms with Crippen LogP contribution in [0.4, 0.5) is 10.2 Å². The van der Waals surface area contributed by atoms with Gasteiger partial charge in [-0.1, -0.05) is 0 Å². The van der Waals surface area contributed by atoms with Crippen LogP contribution in [0.15, 0.2) is 24.5 Å². The summed E-state index contributed by atoms with van der Waals surface area (Å²) in [4.78, 5) is 10.5. The van der Waals surface area contributed by atoms with Crippen LogP contribution >= 0.6 is 0 Å². The summed E-state index contributed by atoms with van der Waals surface area (Å²) in [5, 5.41) is 5.77. The molecule has 0 spiro atoms. The maximum Gasteiger partial charge on any atom is 0.209 e. The molecular weight excluding hydrogens is 307 g/mol. The van der Waals surface area contributed by atoms with Gasteiger partial charge in [-0.25, -0.2) is 27.9 Å². The smallest absolute Gasteiger partial charge is 0.209 e. The lowest BCUT2D eigenvalue weighted by atomic mass is 9.99. The third-order valence-corrected chi connectivity index (χ3v) is 4.89. The molecule has 2 heterocycles. The molecule has 0 amide bonds. The molecule has 2 N–H and O–H groups in total. The summed E-state index contributed by atoms with van der Waals surface area (Å²) in [6, 6.07) is 4.43. The van der Waals surface area contributed by atoms with Gasteiger partial charge in [0.15, 0.2) is 0 Å². The predicted octanol–water partition coefficient (Wildman–Crippen LogP) is 1.27. The number of hydrogen-bond acceptors (Lipinski definition) is 5. The number of sulfonamides is 1. The van der Waals surface area contributed by atoms with Crippen LogP contribution in [-0.2, 0) is 10.0 Å². The highest BCUT2D eigenvalue weighted by Crippen LogP contribution is 2.28. The number of nitrogens with two attached hydrogens (primary N) is 1. The van der Waals surface area contributed by atoms with E-state index in [-0.39, 0.29) is 17.5 Å². The van der Waals surface area contributed by atoms with Gasteiger partial charge >= 0.3 is 0 Å². The average Bonchev–Trinajstić information content (AvgIpc) is 2.46. The van der Waals surface area contributed by atoms with Crippen LogP contribution in [-0.4, -0.2) is 37.2 Å². The molecule has 1 saturated heterocycles. The Kier molecular flexibility index (Phi) is 3.96. The maximum absolute atomic E-state index is 13.5. The van der Waals surface area contributed by atoms with Crippen molar-refractivity contribution < 1.29 is 12.8 Å². The molecule has 1 aromatic heterocycles. The van der Waals surface area contributed by atoms with Crippen molar-refractivity contribution in [1.29, 1.82) is 0 Å². The van der Waals surface area contributed by atoms with Crippen molar-refractivity contribution in [2.45, 2.75) is 12.8 Å². The first kappa shape index (κ1) is 15.1. The fraction of sp³-hybridized carbons (Fsp3) is 0.429. The van der Waals surface area contributed by atoms with E-state index in [1.807, 2.05) is 4.90 Å². The zero-order chi connectivity index (χ0) is 15.7. The van der Waals surface area contributed by atoms with Gasteiger partial charge in [0.2, 0.25) is 10.0 Å². The Bertz CT molecular complexity index is 789. The topological polar surface area (TPSA) is 89.2 Å². The number of piperidine rings is 1. The molecule has 0 unspecified atom stereocenters. The molecule has 6 nitrogen and oxygen atoms in total. The number of nitrogens with zero attached hydrogens (tertiary/aromatic N) is 3. The summed E-state index contributed by atoms with van der Waals surface area (Å²) in [5.41, 5.74) is 0.693. The van der Waals surface area contributed by atoms with E-state index < -0.39 is 10.0 Å². The zero-order valence-electron chi connectivity index (χ0n) is 11.9. The number of hydrogen-bond donors (Lipinski definition) is 1. The number of fused-ring (bicyclic) bond motifs is 1. The molecule has 0 aliphatic carbocycles. The Labute approximate surface area is 128 Å². The standard InChI is InChI=1S/C14H17FN4O2S/c15-11-1-2-13-12(7-11)14(18-9-17-13)19-5-3-10(4-6-19)8-22(16,20)21/h1-2,7,9-10H,3-6,8H2,(H2,16,20,21). The lowest BCUT2D eigenvalue weighted by Gasteiger charge is -2.32. The highest BCUT2D eigenvalue weighted by atomic mass is 32.2. The van der Waals surface area contributed by atoms with Gasteiger partial charge in [0.05, 0.1) is 11.3 Å². The number of anilines is 1. The van der Waals surface area contributed by atoms with Crippen LogP contribution in [0.3, 0.4) is 0 Å². The minimum atomic E-state index is -3.44. The van der Waals surface area contributed by atoms with E-state index in [0.29, 0.717) is 29.8 Å². The zero-order valence-corrected chi connectivity index (χ0v) is 12.8. The van der Waals surface area contributed by atoms with Crippen molar-refractivity contribution in [3.63, 3.8) is 0 Å². The predicted molar refractivity (Wildman–Crippen MR) is 82.4 cm³/mol. The Hall–Kier alpha value is -1.80. The van der Waals surface area contributed by atoms with Crippen molar-refractivity contribution in [2.75, 3.05) is 23.7 Å². The van der Waals surface area contributed by atoms with Crippen molar-refractivity contribution in [1.82, 2.24) is 9.97 Å². The number of primary sulfonamides is 1. The fourth-order valence-electron chi connectivity index (χ4n) is 2.91. The van der Waals surface area contributed by atoms with Gasteiger partial charge in [0, 0.05) is 18.5 Å². The van der Waals surface area contributed by atoms with Gasteiger partial charge in [-0.3, -0.25) is 0 Å². The molecule has 1 aliphatic rings. The van der Waals surface area contributed by atoms with E-state index in [1.165, 1.54) is 18.5 Å². The van der Waals surface area contributed by atoms with Gasteiger partial charge in [-0.15, -0.1) is 0 Å². The average molecular weight is 324 g/mol. The molecule has 0 atom stereocenters. The Morgan fingerprint density at radius 3 is 2.68 bits per heavy atom. The second kappa shape index (κ2) is 5.77. The fourth-order valence-corrected chi connectivity index (χ4v) is 3.90. The normalized spacial score (nSPS) is 17.1. The van der Waals surface area contributed by atoms with Crippen molar-refractivity contribution >= 4 is 26.7 Å². The molecule has 1 aliphatic heterocycles. The van der Waals surface area contributed by atoms with E-state index in [2.05, 4.69) is 9.97 Å². The third kappa shape index (κ3) is 3.33. The molecule has 22 heavy (non-hydrogen) atoms. The molecule has 0 radical (unpaired) electrons. The molecule has 1 aromatic carbocycles. The van der Waals surface area contributed by atoms with Crippen LogP contribution in [0, 0.1) is 11.7 Å². The number of aromatic nitrogens is 2. The molecular formula is C14H17FN4O2S. The summed E-state index contributed by atoms with van der Waals surface area (Å²) in [6.07, 6.45) is 2.90. The Balaban J connectivity index is 1.81. The lowest BCUT2D eigenvalue weighted by Crippen LogP contribution is -2.37. The second-order valence-electron chi connectivity index (χ2n) is 5.62. The van der Waals surface area contributed by atoms with Crippen LogP contribution in [0.25, 0.3) is 10.9 Å². The largest absolute Gasteiger partial charge is 0.356 e. The van der Waals surface area contributed by atoms with Gasteiger partial charge in [-0.2, -0.15) is 0 Å². The first-order valence-corrected chi connectivity index (χ1v) is 8.79. The second-order valence-corrected chi connectivity index (χ2v) is 7.28. The van der Waals surface area contributed by atoms with Crippen molar-refractivity contribution in [3.05, 3.63) is 30.3 Å². The van der Waals surface area contributed by atoms with Gasteiger partial charge in [0.1, 0.15) is 18.0 Å². The van der Waals surface area contributed by atoms with Gasteiger partial charge in [-0.05, 0) is 37.0 Å². The van der Waals surface area contributed by atoms with Crippen LogP contribution in [0.5, 0.6) is 0 Å². The van der Waals surface area contributed by atoms with Crippen LogP contribution in [0.2, 0.25) is 0 Å². The van der Waals surface area contributed by atoms with E-state index in [9.17, 15) is 12.8 Å². The highest BCUT2D eigenvalue weighted by Gasteiger charge is 2.24. The SMILES string of the molecule is NS(=O)(=O)CC1CCN(c2ncnc3ccc(F)cc23)CC1. The first-order chi connectivity index (χ1) is 10.4. The molecule has 2 aromatic rings. The minimum absolute atomic E-state index is 0.0139. The lowest BCUT2D eigenvalue weighted by molar-refractivity contribution is 0.434. The quantitative estimate of drug-likeness (QED) is 0.918. The minimum Gasteiger partial charge on any atom is -0.356 e. The molecule has 3 rings (SSSR count). The van der Waals surface area contributed by atoms with Gasteiger partial charge < -0.3 is 4.90 Å². The first-order valence-electron chi connectivity index (χ1n) is 7.08. The summed E-state index contributed by atoms with van der Waals surface area (Å²) < 4.78 is 35.8. The highest BCUT2D eigenvalue weighted by molar-refractivity contribution is 7.89. The molecule has 0 saturated carbocycles. The molecule has 0 bridgehead atoms. The molecule has 8 heteroatoms. The van der Waals surface area contributed by atoms with E-state index >= 15 is 0 Å². The summed E-state index contributed by atoms with van der Waals surface area (Å²) in [5.74, 6) is 0.447. The number of rotatable bonds is 3. The van der Waals surface area contributed by atoms with Crippen molar-refractivity contribution in [3.8, 4) is 0 Å². The van der Waals surface area contributed by atoms with Gasteiger partial charge in [0.25, 0.3) is 0 Å². The van der Waals surface area contributed by atoms with Crippen molar-refractivity contribution in [2.24, 2.45) is 11.1 Å². The van der Waals surface area contributed by atoms with E-state index in [1.54, 1.807) is 6.07 Å². The van der Waals surface area contributed by atoms with Crippen LogP contribution in [0.1, 0.15) is 12.8 Å². The summed E-state index contributed by atoms with van der Waals surface area (Å²) in [7, 11) is -3.44. The molecule has 1 fully saturated rings. The summed E-state index contributed by atoms with van der Waals surface area (Å²) >= 11 is 0. The molecule has 118 valence electrons. The number of benzene rings is 1. The number of halogens is 1. The third-order valence-electron chi connectivity index (χ3n) is 3.96. The summed E-state index contributed by atoms with van der Waals surface area (Å²) in [6.45, 7) is 1.34.